The molecular weight excluding hydrogens is 356 g/mol. The highest BCUT2D eigenvalue weighted by Gasteiger charge is 2.08. The van der Waals surface area contributed by atoms with Gasteiger partial charge in [-0.05, 0) is 50.2 Å². The van der Waals surface area contributed by atoms with Crippen LogP contribution in [0.4, 0.5) is 0 Å². The van der Waals surface area contributed by atoms with Gasteiger partial charge in [-0.25, -0.2) is 10.2 Å². The number of carbonyl (C=O) groups excluding carboxylic acids is 2. The topological polar surface area (TPSA) is 80.9 Å². The number of furan rings is 1. The van der Waals surface area contributed by atoms with Crippen LogP contribution in [0, 0.1) is 6.92 Å². The Labute approximate surface area is 162 Å². The minimum Gasteiger partial charge on any atom is -0.462 e. The molecule has 2 aromatic carbocycles. The van der Waals surface area contributed by atoms with E-state index in [0.717, 1.165) is 11.1 Å². The fourth-order valence-electron chi connectivity index (χ4n) is 2.49. The molecular formula is C22H20N2O4. The predicted molar refractivity (Wildman–Crippen MR) is 106 cm³/mol. The average Bonchev–Trinajstić information content (AvgIpc) is 3.17. The lowest BCUT2D eigenvalue weighted by Gasteiger charge is -2.02. The van der Waals surface area contributed by atoms with E-state index in [1.54, 1.807) is 55.5 Å². The molecule has 1 heterocycles. The summed E-state index contributed by atoms with van der Waals surface area (Å²) in [5.74, 6) is 0.471. The third-order valence-corrected chi connectivity index (χ3v) is 3.98. The molecule has 0 saturated heterocycles. The van der Waals surface area contributed by atoms with Gasteiger partial charge in [-0.2, -0.15) is 5.10 Å². The highest BCUT2D eigenvalue weighted by atomic mass is 16.5. The Kier molecular flexibility index (Phi) is 6.01. The number of esters is 1. The quantitative estimate of drug-likeness (QED) is 0.397. The molecule has 1 aromatic heterocycles. The lowest BCUT2D eigenvalue weighted by molar-refractivity contribution is 0.0526. The Hall–Kier alpha value is -3.67. The number of rotatable bonds is 6. The standard InChI is InChI=1S/C22H20N2O4/c1-3-27-22(26)18-10-8-16(9-11-18)20-13-12-19(28-20)14-23-24-21(25)17-6-4-15(2)5-7-17/h4-14H,3H2,1-2H3,(H,24,25)/b23-14-. The zero-order valence-corrected chi connectivity index (χ0v) is 15.6. The van der Waals surface area contributed by atoms with Gasteiger partial charge in [0.15, 0.2) is 0 Å². The van der Waals surface area contributed by atoms with Crippen molar-refractivity contribution in [3.05, 3.63) is 83.1 Å². The average molecular weight is 376 g/mol. The van der Waals surface area contributed by atoms with Crippen LogP contribution in [-0.2, 0) is 4.74 Å². The van der Waals surface area contributed by atoms with E-state index < -0.39 is 0 Å². The monoisotopic (exact) mass is 376 g/mol. The highest BCUT2D eigenvalue weighted by molar-refractivity contribution is 5.94. The fourth-order valence-corrected chi connectivity index (χ4v) is 2.49. The maximum atomic E-state index is 12.0. The fraction of sp³-hybridized carbons (Fsp3) is 0.136. The first kappa shape index (κ1) is 19.1. The first-order chi connectivity index (χ1) is 13.6. The number of hydrogen-bond donors (Lipinski definition) is 1. The summed E-state index contributed by atoms with van der Waals surface area (Å²) in [6.45, 7) is 4.06. The Morgan fingerprint density at radius 1 is 1.00 bits per heavy atom. The predicted octanol–water partition coefficient (Wildman–Crippen LogP) is 4.20. The van der Waals surface area contributed by atoms with Gasteiger partial charge in [-0.1, -0.05) is 29.8 Å². The zero-order valence-electron chi connectivity index (χ0n) is 15.6. The van der Waals surface area contributed by atoms with E-state index in [4.69, 9.17) is 9.15 Å². The summed E-state index contributed by atoms with van der Waals surface area (Å²) in [5.41, 5.74) is 5.38. The molecule has 0 aliphatic heterocycles. The van der Waals surface area contributed by atoms with Crippen LogP contribution < -0.4 is 5.43 Å². The van der Waals surface area contributed by atoms with Crippen molar-refractivity contribution in [3.8, 4) is 11.3 Å². The van der Waals surface area contributed by atoms with Gasteiger partial charge in [-0.3, -0.25) is 4.79 Å². The molecule has 3 rings (SSSR count). The number of hydrazone groups is 1. The Balaban J connectivity index is 1.62. The Morgan fingerprint density at radius 3 is 2.36 bits per heavy atom. The second kappa shape index (κ2) is 8.81. The van der Waals surface area contributed by atoms with E-state index in [1.807, 2.05) is 19.1 Å². The lowest BCUT2D eigenvalue weighted by atomic mass is 10.1. The maximum absolute atomic E-state index is 12.0. The van der Waals surface area contributed by atoms with Crippen LogP contribution in [0.5, 0.6) is 0 Å². The van der Waals surface area contributed by atoms with Gasteiger partial charge >= 0.3 is 5.97 Å². The smallest absolute Gasteiger partial charge is 0.338 e. The van der Waals surface area contributed by atoms with Crippen molar-refractivity contribution in [3.63, 3.8) is 0 Å². The zero-order chi connectivity index (χ0) is 19.9. The van der Waals surface area contributed by atoms with Gasteiger partial charge in [0.1, 0.15) is 11.5 Å². The van der Waals surface area contributed by atoms with Crippen LogP contribution >= 0.6 is 0 Å². The van der Waals surface area contributed by atoms with Crippen LogP contribution in [0.3, 0.4) is 0 Å². The number of nitrogens with one attached hydrogen (secondary N) is 1. The number of amides is 1. The number of aryl methyl sites for hydroxylation is 1. The number of nitrogens with zero attached hydrogens (tertiary/aromatic N) is 1. The Bertz CT molecular complexity index is 986. The second-order valence-corrected chi connectivity index (χ2v) is 6.06. The molecule has 0 radical (unpaired) electrons. The van der Waals surface area contributed by atoms with Gasteiger partial charge in [-0.15, -0.1) is 0 Å². The van der Waals surface area contributed by atoms with Crippen LogP contribution in [0.25, 0.3) is 11.3 Å². The molecule has 0 saturated carbocycles. The van der Waals surface area contributed by atoms with E-state index in [-0.39, 0.29) is 11.9 Å². The molecule has 0 spiro atoms. The maximum Gasteiger partial charge on any atom is 0.338 e. The molecule has 6 nitrogen and oxygen atoms in total. The summed E-state index contributed by atoms with van der Waals surface area (Å²) in [6, 6.07) is 17.7. The summed E-state index contributed by atoms with van der Waals surface area (Å²) in [6.07, 6.45) is 1.43. The van der Waals surface area contributed by atoms with E-state index in [0.29, 0.717) is 29.3 Å². The third kappa shape index (κ3) is 4.73. The van der Waals surface area contributed by atoms with Crippen molar-refractivity contribution < 1.29 is 18.7 Å². The minimum atomic E-state index is -0.356. The first-order valence-electron chi connectivity index (χ1n) is 8.84. The third-order valence-electron chi connectivity index (χ3n) is 3.98. The summed E-state index contributed by atoms with van der Waals surface area (Å²) in [5, 5.41) is 3.93. The minimum absolute atomic E-state index is 0.294. The molecule has 1 amide bonds. The van der Waals surface area contributed by atoms with Crippen LogP contribution in [0.2, 0.25) is 0 Å². The molecule has 0 atom stereocenters. The summed E-state index contributed by atoms with van der Waals surface area (Å²) < 4.78 is 10.7. The molecule has 6 heteroatoms. The van der Waals surface area contributed by atoms with Gasteiger partial charge in [0, 0.05) is 11.1 Å². The van der Waals surface area contributed by atoms with Gasteiger partial charge in [0.05, 0.1) is 18.4 Å². The van der Waals surface area contributed by atoms with Crippen molar-refractivity contribution in [1.82, 2.24) is 5.43 Å². The SMILES string of the molecule is CCOC(=O)c1ccc(-c2ccc(/C=N\NC(=O)c3ccc(C)cc3)o2)cc1. The van der Waals surface area contributed by atoms with E-state index in [9.17, 15) is 9.59 Å². The number of benzene rings is 2. The van der Waals surface area contributed by atoms with Crippen molar-refractivity contribution in [2.75, 3.05) is 6.61 Å². The van der Waals surface area contributed by atoms with Crippen molar-refractivity contribution in [2.24, 2.45) is 5.10 Å². The summed E-state index contributed by atoms with van der Waals surface area (Å²) in [7, 11) is 0. The van der Waals surface area contributed by atoms with E-state index in [1.165, 1.54) is 6.21 Å². The molecule has 1 N–H and O–H groups in total. The molecule has 3 aromatic rings. The lowest BCUT2D eigenvalue weighted by Crippen LogP contribution is -2.17. The molecule has 142 valence electrons. The Morgan fingerprint density at radius 2 is 1.68 bits per heavy atom. The number of hydrogen-bond acceptors (Lipinski definition) is 5. The van der Waals surface area contributed by atoms with Crippen LogP contribution in [0.1, 0.15) is 39.0 Å². The second-order valence-electron chi connectivity index (χ2n) is 6.06. The van der Waals surface area contributed by atoms with Gasteiger partial charge in [0.25, 0.3) is 5.91 Å². The van der Waals surface area contributed by atoms with Crippen molar-refractivity contribution in [2.45, 2.75) is 13.8 Å². The van der Waals surface area contributed by atoms with E-state index >= 15 is 0 Å². The number of carbonyl (C=O) groups is 2. The summed E-state index contributed by atoms with van der Waals surface area (Å²) >= 11 is 0. The van der Waals surface area contributed by atoms with Gasteiger partial charge in [0.2, 0.25) is 0 Å². The molecule has 0 unspecified atom stereocenters. The molecule has 0 bridgehead atoms. The highest BCUT2D eigenvalue weighted by Crippen LogP contribution is 2.22. The van der Waals surface area contributed by atoms with Crippen molar-refractivity contribution >= 4 is 18.1 Å². The van der Waals surface area contributed by atoms with E-state index in [2.05, 4.69) is 10.5 Å². The van der Waals surface area contributed by atoms with Gasteiger partial charge < -0.3 is 9.15 Å². The van der Waals surface area contributed by atoms with Crippen LogP contribution in [-0.4, -0.2) is 24.7 Å². The largest absolute Gasteiger partial charge is 0.462 e. The normalized spacial score (nSPS) is 10.8. The molecule has 28 heavy (non-hydrogen) atoms. The van der Waals surface area contributed by atoms with Crippen molar-refractivity contribution in [1.29, 1.82) is 0 Å². The molecule has 0 aliphatic rings. The number of ether oxygens (including phenoxy) is 1. The molecule has 0 aliphatic carbocycles. The summed E-state index contributed by atoms with van der Waals surface area (Å²) in [4.78, 5) is 23.7. The van der Waals surface area contributed by atoms with Crippen LogP contribution in [0.15, 0.2) is 70.2 Å². The first-order valence-corrected chi connectivity index (χ1v) is 8.84. The molecule has 0 fully saturated rings.